The number of halogens is 2. The molecule has 0 unspecified atom stereocenters. The highest BCUT2D eigenvalue weighted by Crippen LogP contribution is 2.24. The zero-order valence-corrected chi connectivity index (χ0v) is 14.3. The Kier molecular flexibility index (Phi) is 5.51. The molecule has 0 aliphatic heterocycles. The Hall–Kier alpha value is -2.76. The second-order valence-corrected chi connectivity index (χ2v) is 6.18. The van der Waals surface area contributed by atoms with Crippen molar-refractivity contribution >= 4 is 23.2 Å². The van der Waals surface area contributed by atoms with Gasteiger partial charge in [0.1, 0.15) is 22.7 Å². The van der Waals surface area contributed by atoms with Crippen LogP contribution in [0.15, 0.2) is 42.5 Å². The lowest BCUT2D eigenvalue weighted by Crippen LogP contribution is -2.41. The molecular formula is C19H20F2N2O2. The van der Waals surface area contributed by atoms with Gasteiger partial charge in [0.2, 0.25) is 11.8 Å². The van der Waals surface area contributed by atoms with Gasteiger partial charge in [0.25, 0.3) is 0 Å². The first-order chi connectivity index (χ1) is 11.8. The second-order valence-electron chi connectivity index (χ2n) is 6.18. The number of nitrogens with one attached hydrogen (secondary N) is 2. The molecule has 0 spiro atoms. The van der Waals surface area contributed by atoms with Crippen molar-refractivity contribution in [3.05, 3.63) is 59.7 Å². The van der Waals surface area contributed by atoms with Gasteiger partial charge in [0, 0.05) is 5.69 Å². The lowest BCUT2D eigenvalue weighted by Gasteiger charge is -2.23. The van der Waals surface area contributed by atoms with Crippen LogP contribution in [-0.4, -0.2) is 11.8 Å². The van der Waals surface area contributed by atoms with Gasteiger partial charge in [-0.1, -0.05) is 25.1 Å². The first-order valence-corrected chi connectivity index (χ1v) is 7.91. The van der Waals surface area contributed by atoms with E-state index in [1.807, 2.05) is 19.1 Å². The summed E-state index contributed by atoms with van der Waals surface area (Å²) in [7, 11) is 0. The first kappa shape index (κ1) is 18.6. The summed E-state index contributed by atoms with van der Waals surface area (Å²) < 4.78 is 27.3. The Morgan fingerprint density at radius 3 is 1.96 bits per heavy atom. The smallest absolute Gasteiger partial charge is 0.239 e. The van der Waals surface area contributed by atoms with Crippen LogP contribution in [0, 0.1) is 17.0 Å². The molecule has 0 heterocycles. The van der Waals surface area contributed by atoms with E-state index in [9.17, 15) is 18.4 Å². The van der Waals surface area contributed by atoms with Gasteiger partial charge in [0.05, 0.1) is 0 Å². The van der Waals surface area contributed by atoms with Crippen LogP contribution < -0.4 is 10.6 Å². The summed E-state index contributed by atoms with van der Waals surface area (Å²) in [6, 6.07) is 10.5. The standard InChI is InChI=1S/C19H20F2N2O2/c1-4-12-8-10-13(11-9-12)22-17(24)19(2,3)18(25)23-16-14(20)6-5-7-15(16)21/h5-11H,4H2,1-3H3,(H,22,24)(H,23,25). The molecule has 132 valence electrons. The number of hydrogen-bond acceptors (Lipinski definition) is 2. The summed E-state index contributed by atoms with van der Waals surface area (Å²) in [6.07, 6.45) is 0.871. The van der Waals surface area contributed by atoms with Crippen LogP contribution in [0.4, 0.5) is 20.2 Å². The third-order valence-corrected chi connectivity index (χ3v) is 3.96. The zero-order chi connectivity index (χ0) is 18.6. The van der Waals surface area contributed by atoms with E-state index in [1.54, 1.807) is 12.1 Å². The predicted octanol–water partition coefficient (Wildman–Crippen LogP) is 4.13. The van der Waals surface area contributed by atoms with Crippen LogP contribution in [0.25, 0.3) is 0 Å². The molecule has 0 aliphatic rings. The molecule has 2 aromatic rings. The Morgan fingerprint density at radius 1 is 0.920 bits per heavy atom. The number of para-hydroxylation sites is 1. The highest BCUT2D eigenvalue weighted by atomic mass is 19.1. The summed E-state index contributed by atoms with van der Waals surface area (Å²) in [5, 5.41) is 4.80. The number of carbonyl (C=O) groups is 2. The average Bonchev–Trinajstić information content (AvgIpc) is 2.58. The number of hydrogen-bond donors (Lipinski definition) is 2. The van der Waals surface area contributed by atoms with Gasteiger partial charge in [-0.05, 0) is 50.1 Å². The highest BCUT2D eigenvalue weighted by molar-refractivity contribution is 6.14. The molecule has 2 rings (SSSR count). The van der Waals surface area contributed by atoms with E-state index in [0.717, 1.165) is 24.1 Å². The van der Waals surface area contributed by atoms with E-state index in [-0.39, 0.29) is 0 Å². The molecule has 0 radical (unpaired) electrons. The van der Waals surface area contributed by atoms with Gasteiger partial charge in [-0.3, -0.25) is 9.59 Å². The summed E-state index contributed by atoms with van der Waals surface area (Å²) >= 11 is 0. The summed E-state index contributed by atoms with van der Waals surface area (Å²) in [4.78, 5) is 24.8. The van der Waals surface area contributed by atoms with Crippen molar-refractivity contribution in [3.63, 3.8) is 0 Å². The summed E-state index contributed by atoms with van der Waals surface area (Å²) in [5.74, 6) is -3.19. The van der Waals surface area contributed by atoms with E-state index < -0.39 is 34.6 Å². The van der Waals surface area contributed by atoms with Crippen molar-refractivity contribution in [2.75, 3.05) is 10.6 Å². The van der Waals surface area contributed by atoms with Gasteiger partial charge in [0.15, 0.2) is 0 Å². The number of amides is 2. The Morgan fingerprint density at radius 2 is 1.44 bits per heavy atom. The number of anilines is 2. The monoisotopic (exact) mass is 346 g/mol. The average molecular weight is 346 g/mol. The molecule has 0 saturated heterocycles. The van der Waals surface area contributed by atoms with E-state index >= 15 is 0 Å². The molecule has 6 heteroatoms. The molecule has 4 nitrogen and oxygen atoms in total. The fourth-order valence-electron chi connectivity index (χ4n) is 2.10. The molecule has 25 heavy (non-hydrogen) atoms. The Bertz CT molecular complexity index is 766. The van der Waals surface area contributed by atoms with Crippen LogP contribution in [0.3, 0.4) is 0 Å². The molecule has 2 N–H and O–H groups in total. The maximum Gasteiger partial charge on any atom is 0.239 e. The quantitative estimate of drug-likeness (QED) is 0.800. The molecule has 0 atom stereocenters. The molecule has 0 fully saturated rings. The molecule has 2 aromatic carbocycles. The van der Waals surface area contributed by atoms with Crippen molar-refractivity contribution in [1.29, 1.82) is 0 Å². The number of aryl methyl sites for hydroxylation is 1. The van der Waals surface area contributed by atoms with Gasteiger partial charge in [-0.25, -0.2) is 8.78 Å². The van der Waals surface area contributed by atoms with Crippen molar-refractivity contribution in [3.8, 4) is 0 Å². The Labute approximate surface area is 145 Å². The van der Waals surface area contributed by atoms with E-state index in [2.05, 4.69) is 10.6 Å². The molecule has 0 aromatic heterocycles. The van der Waals surface area contributed by atoms with Gasteiger partial charge in [-0.2, -0.15) is 0 Å². The van der Waals surface area contributed by atoms with Crippen LogP contribution in [0.1, 0.15) is 26.3 Å². The summed E-state index contributed by atoms with van der Waals surface area (Å²) in [6.45, 7) is 4.79. The number of benzene rings is 2. The Balaban J connectivity index is 2.12. The minimum absolute atomic E-state index is 0.542. The van der Waals surface area contributed by atoms with Crippen LogP contribution in [-0.2, 0) is 16.0 Å². The molecule has 2 amide bonds. The normalized spacial score (nSPS) is 11.1. The zero-order valence-electron chi connectivity index (χ0n) is 14.3. The molecule has 0 saturated carbocycles. The topological polar surface area (TPSA) is 58.2 Å². The fourth-order valence-corrected chi connectivity index (χ4v) is 2.10. The predicted molar refractivity (Wildman–Crippen MR) is 93.2 cm³/mol. The molecule has 0 bridgehead atoms. The van der Waals surface area contributed by atoms with E-state index in [0.29, 0.717) is 5.69 Å². The fraction of sp³-hybridized carbons (Fsp3) is 0.263. The van der Waals surface area contributed by atoms with Crippen LogP contribution in [0.2, 0.25) is 0 Å². The van der Waals surface area contributed by atoms with Gasteiger partial charge >= 0.3 is 0 Å². The van der Waals surface area contributed by atoms with Gasteiger partial charge < -0.3 is 10.6 Å². The van der Waals surface area contributed by atoms with Crippen molar-refractivity contribution in [2.24, 2.45) is 5.41 Å². The number of rotatable bonds is 5. The number of carbonyl (C=O) groups excluding carboxylic acids is 2. The van der Waals surface area contributed by atoms with Gasteiger partial charge in [-0.15, -0.1) is 0 Å². The first-order valence-electron chi connectivity index (χ1n) is 7.91. The third-order valence-electron chi connectivity index (χ3n) is 3.96. The summed E-state index contributed by atoms with van der Waals surface area (Å²) in [5.41, 5.74) is -0.441. The third kappa shape index (κ3) is 4.21. The van der Waals surface area contributed by atoms with Crippen molar-refractivity contribution < 1.29 is 18.4 Å². The highest BCUT2D eigenvalue weighted by Gasteiger charge is 2.37. The lowest BCUT2D eigenvalue weighted by atomic mass is 9.90. The maximum atomic E-state index is 13.7. The van der Waals surface area contributed by atoms with E-state index in [1.165, 1.54) is 19.9 Å². The molecular weight excluding hydrogens is 326 g/mol. The largest absolute Gasteiger partial charge is 0.325 e. The SMILES string of the molecule is CCc1ccc(NC(=O)C(C)(C)C(=O)Nc2c(F)cccc2F)cc1. The minimum Gasteiger partial charge on any atom is -0.325 e. The minimum atomic E-state index is -1.53. The molecule has 0 aliphatic carbocycles. The van der Waals surface area contributed by atoms with Crippen LogP contribution >= 0.6 is 0 Å². The van der Waals surface area contributed by atoms with Crippen molar-refractivity contribution in [2.45, 2.75) is 27.2 Å². The lowest BCUT2D eigenvalue weighted by molar-refractivity contribution is -0.135. The van der Waals surface area contributed by atoms with Crippen LogP contribution in [0.5, 0.6) is 0 Å². The maximum absolute atomic E-state index is 13.7. The second kappa shape index (κ2) is 7.42. The van der Waals surface area contributed by atoms with E-state index in [4.69, 9.17) is 0 Å². The van der Waals surface area contributed by atoms with Crippen molar-refractivity contribution in [1.82, 2.24) is 0 Å².